The Morgan fingerprint density at radius 3 is 1.01 bits per heavy atom. The van der Waals surface area contributed by atoms with Crippen LogP contribution in [0.25, 0.3) is 22.3 Å². The number of hydrogen-bond donors (Lipinski definition) is 0. The summed E-state index contributed by atoms with van der Waals surface area (Å²) in [4.78, 5) is 10.5. The van der Waals surface area contributed by atoms with Crippen molar-refractivity contribution in [2.45, 2.75) is 132 Å². The fourth-order valence-electron chi connectivity index (χ4n) is 12.2. The summed E-state index contributed by atoms with van der Waals surface area (Å²) in [6.07, 6.45) is 0. The zero-order valence-electron chi connectivity index (χ0n) is 44.0. The lowest BCUT2D eigenvalue weighted by Gasteiger charge is -2.42. The molecule has 0 saturated carbocycles. The van der Waals surface area contributed by atoms with Crippen LogP contribution in [-0.4, -0.2) is 14.0 Å². The molecule has 0 aliphatic carbocycles. The molecule has 0 amide bonds. The molecule has 6 heterocycles. The minimum absolute atomic E-state index is 0.0379. The Morgan fingerprint density at radius 2 is 0.671 bits per heavy atom. The summed E-state index contributed by atoms with van der Waals surface area (Å²) < 4.78 is 14.3. The normalized spacial score (nSPS) is 15.5. The van der Waals surface area contributed by atoms with E-state index in [0.29, 0.717) is 0 Å². The molecule has 0 N–H and O–H groups in total. The molecule has 0 saturated heterocycles. The van der Waals surface area contributed by atoms with Crippen molar-refractivity contribution in [3.63, 3.8) is 0 Å². The summed E-state index contributed by atoms with van der Waals surface area (Å²) in [6.45, 7) is 36.3. The molecular formula is C62H64B2N4O2. The smallest absolute Gasteiger partial charge is 0.421 e. The monoisotopic (exact) mass is 919 g/mol. The van der Waals surface area contributed by atoms with Gasteiger partial charge in [0.15, 0.2) is 11.5 Å². The van der Waals surface area contributed by atoms with Crippen molar-refractivity contribution in [1.29, 1.82) is 0 Å². The summed E-state index contributed by atoms with van der Waals surface area (Å²) in [6, 6.07) is 38.4. The average molecular weight is 919 g/mol. The summed E-state index contributed by atoms with van der Waals surface area (Å²) >= 11 is 0. The molecular weight excluding hydrogens is 854 g/mol. The quantitative estimate of drug-likeness (QED) is 0.141. The maximum absolute atomic E-state index is 7.14. The maximum atomic E-state index is 7.14. The number of aryl methyl sites for hydroxylation is 2. The van der Waals surface area contributed by atoms with Gasteiger partial charge in [-0.2, -0.15) is 0 Å². The largest absolute Gasteiger partial charge is 0.453 e. The third-order valence-electron chi connectivity index (χ3n) is 16.7. The molecule has 7 aromatic rings. The highest BCUT2D eigenvalue weighted by molar-refractivity contribution is 6.89. The van der Waals surface area contributed by atoms with E-state index in [1.807, 2.05) is 0 Å². The van der Waals surface area contributed by atoms with Crippen LogP contribution in [-0.2, 0) is 21.7 Å². The highest BCUT2D eigenvalue weighted by Gasteiger charge is 2.56. The van der Waals surface area contributed by atoms with Gasteiger partial charge in [0.25, 0.3) is 0 Å². The Bertz CT molecular complexity index is 3290. The van der Waals surface area contributed by atoms with Crippen molar-refractivity contribution >= 4 is 70.4 Å². The first kappa shape index (κ1) is 43.5. The Labute approximate surface area is 416 Å². The van der Waals surface area contributed by atoms with E-state index in [1.54, 1.807) is 0 Å². The number of benzene rings is 7. The van der Waals surface area contributed by atoms with Crippen LogP contribution < -0.4 is 39.6 Å². The van der Waals surface area contributed by atoms with Gasteiger partial charge in [-0.3, -0.25) is 0 Å². The first-order chi connectivity index (χ1) is 32.9. The topological polar surface area (TPSA) is 31.4 Å². The van der Waals surface area contributed by atoms with Crippen molar-refractivity contribution < 1.29 is 9.47 Å². The van der Waals surface area contributed by atoms with Crippen molar-refractivity contribution in [3.8, 4) is 45.3 Å². The summed E-state index contributed by atoms with van der Waals surface area (Å²) in [5.74, 6) is 3.74. The Morgan fingerprint density at radius 1 is 0.343 bits per heavy atom. The minimum Gasteiger partial charge on any atom is -0.453 e. The third kappa shape index (κ3) is 5.76. The molecule has 13 rings (SSSR count). The van der Waals surface area contributed by atoms with Crippen molar-refractivity contribution in [3.05, 3.63) is 142 Å². The molecule has 0 bridgehead atoms. The van der Waals surface area contributed by atoms with Gasteiger partial charge in [0, 0.05) is 22.5 Å². The van der Waals surface area contributed by atoms with Gasteiger partial charge in [0.05, 0.1) is 34.1 Å². The van der Waals surface area contributed by atoms with E-state index in [2.05, 4.69) is 227 Å². The van der Waals surface area contributed by atoms with E-state index in [4.69, 9.17) is 9.47 Å². The van der Waals surface area contributed by atoms with Crippen LogP contribution in [0.1, 0.15) is 128 Å². The van der Waals surface area contributed by atoms with Gasteiger partial charge in [-0.05, 0) is 177 Å². The molecule has 6 aliphatic rings. The second kappa shape index (κ2) is 13.7. The van der Waals surface area contributed by atoms with Crippen LogP contribution >= 0.6 is 0 Å². The molecule has 0 unspecified atom stereocenters. The second-order valence-corrected chi connectivity index (χ2v) is 25.3. The molecule has 0 spiro atoms. The van der Waals surface area contributed by atoms with E-state index in [9.17, 15) is 0 Å². The standard InChI is InChI=1S/C62H64B2N4O2/c1-33-25-51-55-57(35(33)3)69-53-29-39(61(11,12)13)19-23-49(53)67(55)63-45-31-42-44-28-38(60(8,9)10)18-22-48(44)66-52-26-34(2)36(4)58-56(52)68(50-24-20-40(62(14,15)16)30-54(50)70-58)64(66)46(42)32-41(45)43-27-37(59(5,6)7)17-21-47(43)65(51)63/h17-32H,1-16H3. The van der Waals surface area contributed by atoms with Gasteiger partial charge in [0.2, 0.25) is 0 Å². The first-order valence-electron chi connectivity index (χ1n) is 25.5. The van der Waals surface area contributed by atoms with E-state index < -0.39 is 0 Å². The molecule has 0 fully saturated rings. The number of anilines is 8. The average Bonchev–Trinajstić information content (AvgIpc) is 3.82. The third-order valence-corrected chi connectivity index (χ3v) is 16.7. The van der Waals surface area contributed by atoms with E-state index in [1.165, 1.54) is 100 Å². The first-order valence-corrected chi connectivity index (χ1v) is 25.5. The molecule has 350 valence electrons. The van der Waals surface area contributed by atoms with Crippen LogP contribution in [0, 0.1) is 27.7 Å². The number of fused-ring (bicyclic) bond motifs is 20. The Kier molecular flexibility index (Phi) is 8.48. The molecule has 0 atom stereocenters. The Hall–Kier alpha value is -6.53. The molecule has 8 heteroatoms. The molecule has 7 aromatic carbocycles. The van der Waals surface area contributed by atoms with Crippen LogP contribution in [0.5, 0.6) is 23.0 Å². The fourth-order valence-corrected chi connectivity index (χ4v) is 12.2. The SMILES string of the molecule is Cc1cc2c3c(c1C)Oc1cc(C(C)(C)C)ccc1N3B1c3cc4c(cc3-c3cc(C(C)(C)C)ccc3N12)B1N(c2ccc(C(C)(C)C)cc2-4)c2cc(C)c(C)c3c2N1c1ccc(C(C)(C)C)cc1O3. The van der Waals surface area contributed by atoms with Crippen molar-refractivity contribution in [1.82, 2.24) is 0 Å². The summed E-state index contributed by atoms with van der Waals surface area (Å²) in [5.41, 5.74) is 26.7. The lowest BCUT2D eigenvalue weighted by atomic mass is 9.53. The maximum Gasteiger partial charge on any atom is 0.421 e. The van der Waals surface area contributed by atoms with Gasteiger partial charge in [0.1, 0.15) is 11.5 Å². The predicted octanol–water partition coefficient (Wildman–Crippen LogP) is 15.7. The summed E-state index contributed by atoms with van der Waals surface area (Å²) in [7, 11) is 0. The highest BCUT2D eigenvalue weighted by atomic mass is 16.5. The van der Waals surface area contributed by atoms with Gasteiger partial charge in [-0.1, -0.05) is 119 Å². The molecule has 70 heavy (non-hydrogen) atoms. The van der Waals surface area contributed by atoms with Crippen LogP contribution in [0.15, 0.2) is 97.1 Å². The molecule has 6 aliphatic heterocycles. The van der Waals surface area contributed by atoms with Gasteiger partial charge < -0.3 is 28.7 Å². The van der Waals surface area contributed by atoms with E-state index in [-0.39, 0.29) is 35.6 Å². The number of nitrogens with zero attached hydrogens (tertiary/aromatic N) is 4. The number of rotatable bonds is 0. The van der Waals surface area contributed by atoms with Crippen LogP contribution in [0.3, 0.4) is 0 Å². The lowest BCUT2D eigenvalue weighted by Crippen LogP contribution is -2.59. The summed E-state index contributed by atoms with van der Waals surface area (Å²) in [5, 5.41) is 0. The van der Waals surface area contributed by atoms with Gasteiger partial charge >= 0.3 is 14.0 Å². The second-order valence-electron chi connectivity index (χ2n) is 25.3. The number of hydrogen-bond acceptors (Lipinski definition) is 6. The molecule has 0 radical (unpaired) electrons. The van der Waals surface area contributed by atoms with Crippen LogP contribution in [0.4, 0.5) is 45.5 Å². The predicted molar refractivity (Wildman–Crippen MR) is 296 cm³/mol. The molecule has 0 aromatic heterocycles. The lowest BCUT2D eigenvalue weighted by molar-refractivity contribution is 0.470. The highest BCUT2D eigenvalue weighted by Crippen LogP contribution is 2.64. The fraction of sp³-hybridized carbons (Fsp3) is 0.323. The number of ether oxygens (including phenoxy) is 2. The Balaban J connectivity index is 1.13. The van der Waals surface area contributed by atoms with Gasteiger partial charge in [-0.25, -0.2) is 0 Å². The van der Waals surface area contributed by atoms with Crippen molar-refractivity contribution in [2.75, 3.05) is 19.2 Å². The molecule has 6 nitrogen and oxygen atoms in total. The zero-order chi connectivity index (χ0) is 49.2. The van der Waals surface area contributed by atoms with Crippen LogP contribution in [0.2, 0.25) is 0 Å². The van der Waals surface area contributed by atoms with E-state index in [0.717, 1.165) is 45.7 Å². The zero-order valence-corrected chi connectivity index (χ0v) is 44.0. The van der Waals surface area contributed by atoms with Crippen molar-refractivity contribution in [2.24, 2.45) is 0 Å². The minimum atomic E-state index is -0.170. The van der Waals surface area contributed by atoms with E-state index >= 15 is 0 Å². The van der Waals surface area contributed by atoms with Gasteiger partial charge in [-0.15, -0.1) is 0 Å².